The molecule has 0 spiro atoms. The van der Waals surface area contributed by atoms with Gasteiger partial charge in [-0.25, -0.2) is 4.39 Å². The molecule has 21 heavy (non-hydrogen) atoms. The number of halogens is 2. The molecule has 0 fully saturated rings. The van der Waals surface area contributed by atoms with E-state index >= 15 is 0 Å². The van der Waals surface area contributed by atoms with Crippen molar-refractivity contribution in [2.75, 3.05) is 25.1 Å². The molecule has 0 heterocycles. The quantitative estimate of drug-likeness (QED) is 0.770. The minimum atomic E-state index is -0.427. The molecule has 0 amide bonds. The molecule has 0 radical (unpaired) electrons. The van der Waals surface area contributed by atoms with E-state index in [1.807, 2.05) is 31.2 Å². The Morgan fingerprint density at radius 1 is 1.10 bits per heavy atom. The number of nitrogens with one attached hydrogen (secondary N) is 1. The van der Waals surface area contributed by atoms with Gasteiger partial charge >= 0.3 is 0 Å². The van der Waals surface area contributed by atoms with Gasteiger partial charge in [0, 0.05) is 12.2 Å². The van der Waals surface area contributed by atoms with E-state index in [0.717, 1.165) is 11.4 Å². The highest BCUT2D eigenvalue weighted by Crippen LogP contribution is 2.26. The second kappa shape index (κ2) is 7.74. The van der Waals surface area contributed by atoms with Gasteiger partial charge in [0.1, 0.15) is 12.4 Å². The van der Waals surface area contributed by atoms with Gasteiger partial charge in [0.25, 0.3) is 0 Å². The number of hydrogen-bond acceptors (Lipinski definition) is 3. The fourth-order valence-corrected chi connectivity index (χ4v) is 1.99. The first-order valence-corrected chi connectivity index (χ1v) is 7.12. The number of rotatable bonds is 7. The number of benzene rings is 2. The number of anilines is 1. The van der Waals surface area contributed by atoms with Crippen LogP contribution in [0.3, 0.4) is 0 Å². The molecule has 0 aliphatic heterocycles. The summed E-state index contributed by atoms with van der Waals surface area (Å²) in [6.45, 7) is 3.55. The fraction of sp³-hybridized carbons (Fsp3) is 0.250. The van der Waals surface area contributed by atoms with Gasteiger partial charge in [-0.1, -0.05) is 23.7 Å². The van der Waals surface area contributed by atoms with Gasteiger partial charge in [0.05, 0.1) is 11.6 Å². The summed E-state index contributed by atoms with van der Waals surface area (Å²) in [5, 5.41) is 3.22. The molecular weight excluding hydrogens is 293 g/mol. The largest absolute Gasteiger partial charge is 0.490 e. The summed E-state index contributed by atoms with van der Waals surface area (Å²) in [4.78, 5) is 0. The molecule has 2 aromatic carbocycles. The number of ether oxygens (including phenoxy) is 2. The van der Waals surface area contributed by atoms with Crippen molar-refractivity contribution in [1.29, 1.82) is 0 Å². The first-order chi connectivity index (χ1) is 10.2. The van der Waals surface area contributed by atoms with Crippen molar-refractivity contribution in [3.8, 4) is 11.5 Å². The first-order valence-electron chi connectivity index (χ1n) is 6.74. The summed E-state index contributed by atoms with van der Waals surface area (Å²) in [5.41, 5.74) is 0.753. The zero-order valence-corrected chi connectivity index (χ0v) is 12.5. The predicted molar refractivity (Wildman–Crippen MR) is 83.0 cm³/mol. The van der Waals surface area contributed by atoms with E-state index in [1.165, 1.54) is 6.07 Å². The van der Waals surface area contributed by atoms with Crippen molar-refractivity contribution in [3.63, 3.8) is 0 Å². The summed E-state index contributed by atoms with van der Waals surface area (Å²) in [6, 6.07) is 12.0. The average Bonchev–Trinajstić information content (AvgIpc) is 2.49. The normalized spacial score (nSPS) is 10.2. The lowest BCUT2D eigenvalue weighted by Crippen LogP contribution is -2.12. The van der Waals surface area contributed by atoms with Crippen molar-refractivity contribution >= 4 is 17.3 Å². The number of hydrogen-bond donors (Lipinski definition) is 1. The zero-order chi connectivity index (χ0) is 15.1. The lowest BCUT2D eigenvalue weighted by atomic mass is 10.3. The van der Waals surface area contributed by atoms with Crippen molar-refractivity contribution in [3.05, 3.63) is 53.3 Å². The van der Waals surface area contributed by atoms with Gasteiger partial charge in [-0.2, -0.15) is 0 Å². The average molecular weight is 310 g/mol. The third-order valence-electron chi connectivity index (χ3n) is 2.76. The molecule has 0 aliphatic carbocycles. The number of para-hydroxylation sites is 2. The summed E-state index contributed by atoms with van der Waals surface area (Å²) >= 11 is 5.72. The van der Waals surface area contributed by atoms with Crippen LogP contribution >= 0.6 is 11.6 Å². The molecule has 0 saturated carbocycles. The van der Waals surface area contributed by atoms with E-state index in [2.05, 4.69) is 5.32 Å². The molecule has 3 nitrogen and oxygen atoms in total. The molecule has 0 bridgehead atoms. The van der Waals surface area contributed by atoms with Crippen LogP contribution < -0.4 is 14.8 Å². The highest BCUT2D eigenvalue weighted by Gasteiger charge is 2.03. The Morgan fingerprint density at radius 2 is 1.81 bits per heavy atom. The molecule has 112 valence electrons. The summed E-state index contributed by atoms with van der Waals surface area (Å²) in [6.07, 6.45) is 0. The lowest BCUT2D eigenvalue weighted by molar-refractivity contribution is 0.284. The van der Waals surface area contributed by atoms with Crippen LogP contribution in [0.2, 0.25) is 5.02 Å². The van der Waals surface area contributed by atoms with Crippen molar-refractivity contribution < 1.29 is 13.9 Å². The minimum Gasteiger partial charge on any atom is -0.490 e. The van der Waals surface area contributed by atoms with E-state index in [4.69, 9.17) is 21.1 Å². The second-order valence-electron chi connectivity index (χ2n) is 4.28. The van der Waals surface area contributed by atoms with Gasteiger partial charge in [-0.05, 0) is 37.3 Å². The van der Waals surface area contributed by atoms with E-state index in [9.17, 15) is 4.39 Å². The van der Waals surface area contributed by atoms with Crippen LogP contribution in [0.1, 0.15) is 6.92 Å². The monoisotopic (exact) mass is 309 g/mol. The maximum Gasteiger partial charge on any atom is 0.161 e. The highest BCUT2D eigenvalue weighted by atomic mass is 35.5. The summed E-state index contributed by atoms with van der Waals surface area (Å²) < 4.78 is 24.2. The van der Waals surface area contributed by atoms with Crippen LogP contribution in [0.5, 0.6) is 11.5 Å². The van der Waals surface area contributed by atoms with Crippen LogP contribution in [0, 0.1) is 5.82 Å². The molecule has 0 aliphatic rings. The van der Waals surface area contributed by atoms with Crippen LogP contribution in [-0.4, -0.2) is 19.8 Å². The van der Waals surface area contributed by atoms with Gasteiger partial charge in [-0.3, -0.25) is 0 Å². The first kappa shape index (κ1) is 15.4. The van der Waals surface area contributed by atoms with Crippen LogP contribution in [-0.2, 0) is 0 Å². The van der Waals surface area contributed by atoms with Crippen molar-refractivity contribution in [1.82, 2.24) is 0 Å². The third kappa shape index (κ3) is 4.53. The topological polar surface area (TPSA) is 30.5 Å². The minimum absolute atomic E-state index is 0.0996. The molecule has 0 unspecified atom stereocenters. The van der Waals surface area contributed by atoms with E-state index in [1.54, 1.807) is 12.1 Å². The Balaban J connectivity index is 1.83. The Labute approximate surface area is 128 Å². The van der Waals surface area contributed by atoms with Crippen molar-refractivity contribution in [2.45, 2.75) is 6.92 Å². The van der Waals surface area contributed by atoms with Crippen molar-refractivity contribution in [2.24, 2.45) is 0 Å². The standard InChI is InChI=1S/C16H17ClFNO2/c1-2-20-15-5-3-4-6-16(15)21-10-9-19-12-7-8-14(18)13(17)11-12/h3-8,11,19H,2,9-10H2,1H3. The maximum absolute atomic E-state index is 13.0. The van der Waals surface area contributed by atoms with Gasteiger partial charge in [-0.15, -0.1) is 0 Å². The Bertz CT molecular complexity index is 592. The molecular formula is C16H17ClFNO2. The molecule has 2 rings (SSSR count). The van der Waals surface area contributed by atoms with Crippen LogP contribution in [0.4, 0.5) is 10.1 Å². The molecule has 0 saturated heterocycles. The SMILES string of the molecule is CCOc1ccccc1OCCNc1ccc(F)c(Cl)c1. The van der Waals surface area contributed by atoms with E-state index < -0.39 is 5.82 Å². The fourth-order valence-electron chi connectivity index (χ4n) is 1.81. The second-order valence-corrected chi connectivity index (χ2v) is 4.69. The lowest BCUT2D eigenvalue weighted by Gasteiger charge is -2.12. The third-order valence-corrected chi connectivity index (χ3v) is 3.05. The van der Waals surface area contributed by atoms with Crippen LogP contribution in [0.25, 0.3) is 0 Å². The van der Waals surface area contributed by atoms with Crippen LogP contribution in [0.15, 0.2) is 42.5 Å². The maximum atomic E-state index is 13.0. The van der Waals surface area contributed by atoms with Gasteiger partial charge < -0.3 is 14.8 Å². The Hall–Kier alpha value is -1.94. The molecule has 5 heteroatoms. The smallest absolute Gasteiger partial charge is 0.161 e. The molecule has 2 aromatic rings. The van der Waals surface area contributed by atoms with E-state index in [0.29, 0.717) is 25.5 Å². The van der Waals surface area contributed by atoms with Gasteiger partial charge in [0.15, 0.2) is 11.5 Å². The zero-order valence-electron chi connectivity index (χ0n) is 11.7. The molecule has 0 aromatic heterocycles. The highest BCUT2D eigenvalue weighted by molar-refractivity contribution is 6.31. The Morgan fingerprint density at radius 3 is 2.48 bits per heavy atom. The summed E-state index contributed by atoms with van der Waals surface area (Å²) in [5.74, 6) is 1.01. The predicted octanol–water partition coefficient (Wildman–Crippen LogP) is 4.37. The molecule has 1 N–H and O–H groups in total. The Kier molecular flexibility index (Phi) is 5.69. The van der Waals surface area contributed by atoms with E-state index in [-0.39, 0.29) is 5.02 Å². The summed E-state index contributed by atoms with van der Waals surface area (Å²) in [7, 11) is 0. The molecule has 0 atom stereocenters. The van der Waals surface area contributed by atoms with Gasteiger partial charge in [0.2, 0.25) is 0 Å².